The quantitative estimate of drug-likeness (QED) is 0.616. The predicted octanol–water partition coefficient (Wildman–Crippen LogP) is 0.290. The first-order chi connectivity index (χ1) is 6.57. The number of carbonyl (C=O) groups is 2. The molecule has 80 valence electrons. The number of amides is 1. The second-order valence-corrected chi connectivity index (χ2v) is 4.21. The predicted molar refractivity (Wildman–Crippen MR) is 59.0 cm³/mol. The number of hydrogen-bond acceptors (Lipinski definition) is 4. The normalized spacial score (nSPS) is 23.6. The highest BCUT2D eigenvalue weighted by Crippen LogP contribution is 2.19. The van der Waals surface area contributed by atoms with Crippen molar-refractivity contribution in [2.24, 2.45) is 0 Å². The van der Waals surface area contributed by atoms with Gasteiger partial charge in [0.2, 0.25) is 5.91 Å². The number of nitrogens with zero attached hydrogens (tertiary/aromatic N) is 1. The lowest BCUT2D eigenvalue weighted by molar-refractivity contribution is -0.147. The van der Waals surface area contributed by atoms with Crippen LogP contribution < -0.4 is 0 Å². The zero-order valence-corrected chi connectivity index (χ0v) is 9.38. The molecule has 14 heavy (non-hydrogen) atoms. The third-order valence-electron chi connectivity index (χ3n) is 2.28. The smallest absolute Gasteiger partial charge is 0.326 e. The van der Waals surface area contributed by atoms with Gasteiger partial charge in [0.1, 0.15) is 6.04 Å². The Morgan fingerprint density at radius 1 is 1.57 bits per heavy atom. The van der Waals surface area contributed by atoms with Gasteiger partial charge in [0.05, 0.1) is 5.25 Å². The van der Waals surface area contributed by atoms with E-state index in [0.29, 0.717) is 18.7 Å². The second kappa shape index (κ2) is 4.93. The Bertz CT molecular complexity index is 247. The maximum atomic E-state index is 11.6. The highest BCUT2D eigenvalue weighted by Gasteiger charge is 2.35. The molecule has 1 unspecified atom stereocenters. The van der Waals surface area contributed by atoms with E-state index in [-0.39, 0.29) is 5.91 Å². The van der Waals surface area contributed by atoms with Gasteiger partial charge in [-0.15, -0.1) is 0 Å². The fourth-order valence-corrected chi connectivity index (χ4v) is 1.86. The average Bonchev–Trinajstić information content (AvgIpc) is 2.63. The fourth-order valence-electron chi connectivity index (χ4n) is 1.56. The molecule has 0 aromatic heterocycles. The van der Waals surface area contributed by atoms with Gasteiger partial charge < -0.3 is 10.0 Å². The van der Waals surface area contributed by atoms with Crippen LogP contribution in [-0.2, 0) is 9.59 Å². The molecule has 0 spiro atoms. The standard InChI is InChI=1S/C8H13NO3S2/c10-7(6(14)4-13)9-3-1-2-5(9)8(11)12/h5-6,13-14H,1-4H2,(H,11,12)/t5-,6?/m0/s1. The largest absolute Gasteiger partial charge is 0.480 e. The Labute approximate surface area is 93.5 Å². The molecule has 1 heterocycles. The van der Waals surface area contributed by atoms with Crippen LogP contribution in [0.4, 0.5) is 0 Å². The van der Waals surface area contributed by atoms with E-state index in [4.69, 9.17) is 5.11 Å². The van der Waals surface area contributed by atoms with Crippen LogP contribution in [0.15, 0.2) is 0 Å². The van der Waals surface area contributed by atoms with Crippen LogP contribution in [0.25, 0.3) is 0 Å². The Morgan fingerprint density at radius 3 is 2.71 bits per heavy atom. The number of carboxylic acids is 1. The van der Waals surface area contributed by atoms with E-state index >= 15 is 0 Å². The summed E-state index contributed by atoms with van der Waals surface area (Å²) in [4.78, 5) is 23.8. The molecular formula is C8H13NO3S2. The van der Waals surface area contributed by atoms with E-state index in [1.807, 2.05) is 0 Å². The minimum Gasteiger partial charge on any atom is -0.480 e. The van der Waals surface area contributed by atoms with Crippen LogP contribution in [0.3, 0.4) is 0 Å². The maximum Gasteiger partial charge on any atom is 0.326 e. The molecule has 0 bridgehead atoms. The molecule has 1 aliphatic heterocycles. The first-order valence-electron chi connectivity index (χ1n) is 4.40. The van der Waals surface area contributed by atoms with Crippen molar-refractivity contribution in [3.05, 3.63) is 0 Å². The Hall–Kier alpha value is -0.360. The molecule has 1 fully saturated rings. The summed E-state index contributed by atoms with van der Waals surface area (Å²) in [5, 5.41) is 8.35. The lowest BCUT2D eigenvalue weighted by Gasteiger charge is -2.23. The highest BCUT2D eigenvalue weighted by atomic mass is 32.1. The van der Waals surface area contributed by atoms with Crippen molar-refractivity contribution in [3.8, 4) is 0 Å². The van der Waals surface area contributed by atoms with Gasteiger partial charge in [-0.1, -0.05) is 0 Å². The maximum absolute atomic E-state index is 11.6. The molecule has 1 saturated heterocycles. The summed E-state index contributed by atoms with van der Waals surface area (Å²) in [5.41, 5.74) is 0. The first kappa shape index (κ1) is 11.7. The zero-order valence-electron chi connectivity index (χ0n) is 7.59. The van der Waals surface area contributed by atoms with Gasteiger partial charge >= 0.3 is 5.97 Å². The van der Waals surface area contributed by atoms with Gasteiger partial charge in [-0.2, -0.15) is 25.3 Å². The van der Waals surface area contributed by atoms with Crippen molar-refractivity contribution >= 4 is 37.1 Å². The monoisotopic (exact) mass is 235 g/mol. The summed E-state index contributed by atoms with van der Waals surface area (Å²) in [6, 6.07) is -0.669. The van der Waals surface area contributed by atoms with Gasteiger partial charge in [-0.05, 0) is 12.8 Å². The number of aliphatic carboxylic acids is 1. The minimum atomic E-state index is -0.935. The Balaban J connectivity index is 2.67. The molecule has 1 aliphatic rings. The van der Waals surface area contributed by atoms with Crippen LogP contribution >= 0.6 is 25.3 Å². The Kier molecular flexibility index (Phi) is 4.12. The topological polar surface area (TPSA) is 57.6 Å². The minimum absolute atomic E-state index is 0.228. The van der Waals surface area contributed by atoms with Gasteiger partial charge in [0, 0.05) is 12.3 Å². The zero-order chi connectivity index (χ0) is 10.7. The van der Waals surface area contributed by atoms with Crippen molar-refractivity contribution in [3.63, 3.8) is 0 Å². The van der Waals surface area contributed by atoms with Crippen LogP contribution in [-0.4, -0.2) is 45.5 Å². The van der Waals surface area contributed by atoms with E-state index in [9.17, 15) is 9.59 Å². The van der Waals surface area contributed by atoms with Crippen molar-refractivity contribution in [2.75, 3.05) is 12.3 Å². The molecule has 0 aromatic carbocycles. The number of likely N-dealkylation sites (tertiary alicyclic amines) is 1. The van der Waals surface area contributed by atoms with E-state index in [1.165, 1.54) is 4.90 Å². The second-order valence-electron chi connectivity index (χ2n) is 3.23. The van der Waals surface area contributed by atoms with Crippen molar-refractivity contribution in [1.29, 1.82) is 0 Å². The molecule has 0 aromatic rings. The Morgan fingerprint density at radius 2 is 2.21 bits per heavy atom. The summed E-state index contributed by atoms with van der Waals surface area (Å²) in [5.74, 6) is -0.839. The lowest BCUT2D eigenvalue weighted by atomic mass is 10.2. The van der Waals surface area contributed by atoms with E-state index < -0.39 is 17.3 Å². The van der Waals surface area contributed by atoms with Crippen LogP contribution in [0, 0.1) is 0 Å². The molecule has 4 nitrogen and oxygen atoms in total. The summed E-state index contributed by atoms with van der Waals surface area (Å²) in [6.45, 7) is 0.515. The van der Waals surface area contributed by atoms with Crippen LogP contribution in [0.2, 0.25) is 0 Å². The van der Waals surface area contributed by atoms with Gasteiger partial charge in [0.25, 0.3) is 0 Å². The lowest BCUT2D eigenvalue weighted by Crippen LogP contribution is -2.44. The van der Waals surface area contributed by atoms with Crippen molar-refractivity contribution in [2.45, 2.75) is 24.1 Å². The van der Waals surface area contributed by atoms with Crippen LogP contribution in [0.5, 0.6) is 0 Å². The van der Waals surface area contributed by atoms with Crippen molar-refractivity contribution < 1.29 is 14.7 Å². The van der Waals surface area contributed by atoms with E-state index in [0.717, 1.165) is 6.42 Å². The van der Waals surface area contributed by atoms with Gasteiger partial charge in [-0.3, -0.25) is 4.79 Å². The summed E-state index contributed by atoms with van der Waals surface area (Å²) < 4.78 is 0. The number of carbonyl (C=O) groups excluding carboxylic acids is 1. The SMILES string of the molecule is O=C(O)[C@@H]1CCCN1C(=O)C(S)CS. The highest BCUT2D eigenvalue weighted by molar-refractivity contribution is 7.85. The molecule has 0 aliphatic carbocycles. The molecule has 6 heteroatoms. The molecule has 2 atom stereocenters. The van der Waals surface area contributed by atoms with Crippen molar-refractivity contribution in [1.82, 2.24) is 4.90 Å². The van der Waals surface area contributed by atoms with E-state index in [1.54, 1.807) is 0 Å². The van der Waals surface area contributed by atoms with E-state index in [2.05, 4.69) is 25.3 Å². The number of hydrogen-bond donors (Lipinski definition) is 3. The van der Waals surface area contributed by atoms with Crippen LogP contribution in [0.1, 0.15) is 12.8 Å². The molecule has 0 saturated carbocycles. The first-order valence-corrected chi connectivity index (χ1v) is 5.55. The molecular weight excluding hydrogens is 222 g/mol. The third kappa shape index (κ3) is 2.36. The molecule has 0 radical (unpaired) electrons. The van der Waals surface area contributed by atoms with Gasteiger partial charge in [-0.25, -0.2) is 4.79 Å². The number of rotatable bonds is 3. The molecule has 1 amide bonds. The molecule has 1 rings (SSSR count). The fraction of sp³-hybridized carbons (Fsp3) is 0.750. The average molecular weight is 235 g/mol. The summed E-state index contributed by atoms with van der Waals surface area (Å²) in [7, 11) is 0. The summed E-state index contributed by atoms with van der Waals surface area (Å²) in [6.07, 6.45) is 1.28. The summed E-state index contributed by atoms with van der Waals surface area (Å²) >= 11 is 8.01. The molecule has 1 N–H and O–H groups in total. The number of carboxylic acid groups (broad SMARTS) is 1. The number of thiol groups is 2. The third-order valence-corrected chi connectivity index (χ3v) is 3.34. The van der Waals surface area contributed by atoms with Gasteiger partial charge in [0.15, 0.2) is 0 Å².